The molecule has 1 aromatic rings. The maximum atomic E-state index is 12.6. The van der Waals surface area contributed by atoms with Gasteiger partial charge < -0.3 is 4.74 Å². The first-order chi connectivity index (χ1) is 11.5. The van der Waals surface area contributed by atoms with Crippen LogP contribution in [0.5, 0.6) is 0 Å². The van der Waals surface area contributed by atoms with Crippen LogP contribution in [0.3, 0.4) is 0 Å². The molecule has 0 aromatic heterocycles. The van der Waals surface area contributed by atoms with E-state index in [1.54, 1.807) is 17.8 Å². The van der Waals surface area contributed by atoms with E-state index >= 15 is 0 Å². The Kier molecular flexibility index (Phi) is 5.63. The molecule has 0 bridgehead atoms. The van der Waals surface area contributed by atoms with Gasteiger partial charge in [-0.3, -0.25) is 9.59 Å². The van der Waals surface area contributed by atoms with Crippen LogP contribution in [0.4, 0.5) is 4.39 Å². The van der Waals surface area contributed by atoms with Crippen LogP contribution >= 0.6 is 23.4 Å². The van der Waals surface area contributed by atoms with Crippen LogP contribution in [0, 0.1) is 12.8 Å². The molecule has 1 saturated carbocycles. The normalized spacial score (nSPS) is 19.9. The number of fused-ring (bicyclic) bond motifs is 1. The number of alkyl halides is 1. The van der Waals surface area contributed by atoms with E-state index in [1.165, 1.54) is 0 Å². The average molecular weight is 371 g/mol. The van der Waals surface area contributed by atoms with Gasteiger partial charge in [-0.15, -0.1) is 11.8 Å². The highest BCUT2D eigenvalue weighted by molar-refractivity contribution is 7.99. The van der Waals surface area contributed by atoms with E-state index < -0.39 is 6.67 Å². The van der Waals surface area contributed by atoms with E-state index in [2.05, 4.69) is 0 Å². The van der Waals surface area contributed by atoms with E-state index in [0.29, 0.717) is 10.6 Å². The van der Waals surface area contributed by atoms with Crippen molar-refractivity contribution in [1.82, 2.24) is 0 Å². The van der Waals surface area contributed by atoms with Crippen LogP contribution in [0.2, 0.25) is 5.02 Å². The molecule has 0 N–H and O–H groups in total. The Bertz CT molecular complexity index is 673. The summed E-state index contributed by atoms with van der Waals surface area (Å²) in [5.74, 6) is 0.700. The van der Waals surface area contributed by atoms with Crippen molar-refractivity contribution in [2.24, 2.45) is 5.92 Å². The molecule has 1 unspecified atom stereocenters. The molecule has 1 fully saturated rings. The number of thioether (sulfide) groups is 1. The first-order valence-corrected chi connectivity index (χ1v) is 9.58. The molecule has 1 aliphatic carbocycles. The number of aryl methyl sites for hydroxylation is 1. The van der Waals surface area contributed by atoms with Crippen molar-refractivity contribution in [3.8, 4) is 0 Å². The molecule has 0 saturated heterocycles. The van der Waals surface area contributed by atoms with Gasteiger partial charge >= 0.3 is 0 Å². The molecular weight excluding hydrogens is 351 g/mol. The van der Waals surface area contributed by atoms with E-state index in [-0.39, 0.29) is 36.6 Å². The Morgan fingerprint density at radius 2 is 2.12 bits per heavy atom. The van der Waals surface area contributed by atoms with Crippen molar-refractivity contribution in [2.75, 3.05) is 19.0 Å². The fourth-order valence-corrected chi connectivity index (χ4v) is 4.70. The Morgan fingerprint density at radius 3 is 2.79 bits per heavy atom. The highest BCUT2D eigenvalue weighted by Crippen LogP contribution is 2.45. The van der Waals surface area contributed by atoms with Gasteiger partial charge in [-0.25, -0.2) is 4.39 Å². The van der Waals surface area contributed by atoms with Crippen LogP contribution in [0.15, 0.2) is 11.0 Å². The maximum Gasteiger partial charge on any atom is 0.171 e. The number of ether oxygens (including phenoxy) is 1. The van der Waals surface area contributed by atoms with Crippen molar-refractivity contribution in [3.63, 3.8) is 0 Å². The summed E-state index contributed by atoms with van der Waals surface area (Å²) >= 11 is 8.21. The second-order valence-corrected chi connectivity index (χ2v) is 7.81. The number of carbonyl (C=O) groups excluding carboxylic acids is 2. The SMILES string of the molecule is Cc1cc(C(=O)CC(=O)C2CC2)c(Cl)c2c1SCCC2OCCF. The van der Waals surface area contributed by atoms with E-state index in [0.717, 1.165) is 41.0 Å². The predicted molar refractivity (Wildman–Crippen MR) is 92.9 cm³/mol. The molecule has 130 valence electrons. The molecule has 6 heteroatoms. The third-order valence-corrected chi connectivity index (χ3v) is 6.13. The third-order valence-electron chi connectivity index (χ3n) is 4.45. The summed E-state index contributed by atoms with van der Waals surface area (Å²) in [6.07, 6.45) is 2.12. The summed E-state index contributed by atoms with van der Waals surface area (Å²) in [7, 11) is 0. The van der Waals surface area contributed by atoms with Crippen LogP contribution in [0.1, 0.15) is 53.3 Å². The first kappa shape index (κ1) is 17.9. The second kappa shape index (κ2) is 7.54. The zero-order valence-corrected chi connectivity index (χ0v) is 15.1. The molecule has 0 radical (unpaired) electrons. The lowest BCUT2D eigenvalue weighted by Crippen LogP contribution is -2.17. The molecule has 3 rings (SSSR count). The van der Waals surface area contributed by atoms with E-state index in [9.17, 15) is 14.0 Å². The molecule has 0 amide bonds. The number of hydrogen-bond donors (Lipinski definition) is 0. The van der Waals surface area contributed by atoms with E-state index in [1.807, 2.05) is 6.92 Å². The van der Waals surface area contributed by atoms with Crippen molar-refractivity contribution in [2.45, 2.75) is 43.6 Å². The number of carbonyl (C=O) groups is 2. The Hall–Kier alpha value is -0.910. The van der Waals surface area contributed by atoms with Gasteiger partial charge in [0, 0.05) is 27.7 Å². The molecule has 1 heterocycles. The second-order valence-electron chi connectivity index (χ2n) is 6.32. The topological polar surface area (TPSA) is 43.4 Å². The molecule has 24 heavy (non-hydrogen) atoms. The van der Waals surface area contributed by atoms with Crippen LogP contribution in [0.25, 0.3) is 0 Å². The summed E-state index contributed by atoms with van der Waals surface area (Å²) < 4.78 is 18.1. The minimum absolute atomic E-state index is 0.00560. The minimum Gasteiger partial charge on any atom is -0.371 e. The summed E-state index contributed by atoms with van der Waals surface area (Å²) in [4.78, 5) is 25.5. The van der Waals surface area contributed by atoms with Gasteiger partial charge in [0.15, 0.2) is 5.78 Å². The molecular formula is C18H20ClFO3S. The number of halogens is 2. The fourth-order valence-electron chi connectivity index (χ4n) is 3.05. The predicted octanol–water partition coefficient (Wildman–Crippen LogP) is 4.72. The summed E-state index contributed by atoms with van der Waals surface area (Å²) in [5.41, 5.74) is 2.12. The zero-order chi connectivity index (χ0) is 17.3. The molecule has 2 aliphatic rings. The molecule has 1 aromatic carbocycles. The fraction of sp³-hybridized carbons (Fsp3) is 0.556. The van der Waals surface area contributed by atoms with Crippen LogP contribution in [-0.4, -0.2) is 30.6 Å². The van der Waals surface area contributed by atoms with Gasteiger partial charge in [0.2, 0.25) is 0 Å². The van der Waals surface area contributed by atoms with Gasteiger partial charge in [-0.05, 0) is 37.8 Å². The highest BCUT2D eigenvalue weighted by atomic mass is 35.5. The molecule has 1 atom stereocenters. The molecule has 1 aliphatic heterocycles. The van der Waals surface area contributed by atoms with Gasteiger partial charge in [-0.2, -0.15) is 0 Å². The Balaban J connectivity index is 1.92. The molecule has 0 spiro atoms. The van der Waals surface area contributed by atoms with Gasteiger partial charge in [0.25, 0.3) is 0 Å². The lowest BCUT2D eigenvalue weighted by Gasteiger charge is -2.28. The lowest BCUT2D eigenvalue weighted by molar-refractivity contribution is -0.119. The van der Waals surface area contributed by atoms with Gasteiger partial charge in [-0.1, -0.05) is 11.6 Å². The lowest BCUT2D eigenvalue weighted by atomic mass is 9.95. The summed E-state index contributed by atoms with van der Waals surface area (Å²) in [5, 5.41) is 0.361. The summed E-state index contributed by atoms with van der Waals surface area (Å²) in [6, 6.07) is 1.77. The van der Waals surface area contributed by atoms with Crippen LogP contribution < -0.4 is 0 Å². The number of hydrogen-bond acceptors (Lipinski definition) is 4. The average Bonchev–Trinajstić information content (AvgIpc) is 3.40. The van der Waals surface area contributed by atoms with Crippen molar-refractivity contribution in [3.05, 3.63) is 27.8 Å². The number of benzene rings is 1. The monoisotopic (exact) mass is 370 g/mol. The summed E-state index contributed by atoms with van der Waals surface area (Å²) in [6.45, 7) is 1.39. The van der Waals surface area contributed by atoms with Crippen molar-refractivity contribution >= 4 is 34.9 Å². The first-order valence-electron chi connectivity index (χ1n) is 8.22. The number of Topliss-reactive ketones (excluding diaryl/α,β-unsaturated/α-hetero) is 2. The number of rotatable bonds is 7. The zero-order valence-electron chi connectivity index (χ0n) is 13.6. The van der Waals surface area contributed by atoms with Gasteiger partial charge in [0.05, 0.1) is 24.2 Å². The van der Waals surface area contributed by atoms with Gasteiger partial charge in [0.1, 0.15) is 12.5 Å². The Morgan fingerprint density at radius 1 is 1.38 bits per heavy atom. The van der Waals surface area contributed by atoms with E-state index in [4.69, 9.17) is 16.3 Å². The third kappa shape index (κ3) is 3.68. The largest absolute Gasteiger partial charge is 0.371 e. The Labute approximate surface area is 150 Å². The minimum atomic E-state index is -0.551. The highest BCUT2D eigenvalue weighted by Gasteiger charge is 2.33. The standard InChI is InChI=1S/C18H20ClFO3S/c1-10-8-12(14(22)9-13(21)11-2-3-11)17(19)16-15(23-6-5-20)4-7-24-18(10)16/h8,11,15H,2-7,9H2,1H3. The van der Waals surface area contributed by atoms with Crippen molar-refractivity contribution < 1.29 is 18.7 Å². The molecule has 3 nitrogen and oxygen atoms in total. The number of ketones is 2. The maximum absolute atomic E-state index is 12.6. The quantitative estimate of drug-likeness (QED) is 0.514. The van der Waals surface area contributed by atoms with Crippen LogP contribution in [-0.2, 0) is 9.53 Å². The van der Waals surface area contributed by atoms with Crippen molar-refractivity contribution in [1.29, 1.82) is 0 Å². The smallest absolute Gasteiger partial charge is 0.171 e.